The van der Waals surface area contributed by atoms with Crippen LogP contribution in [-0.4, -0.2) is 28.6 Å². The summed E-state index contributed by atoms with van der Waals surface area (Å²) in [6, 6.07) is 1.72. The standard InChI is InChI=1S/C10H9F2NO4/c1-2-17-9(16)10(11,12)7-4-3-6(5-13-7)8(14)15/h3-5H,2H2,1H3,(H,14,15). The lowest BCUT2D eigenvalue weighted by Gasteiger charge is -2.13. The first-order valence-corrected chi connectivity index (χ1v) is 4.64. The summed E-state index contributed by atoms with van der Waals surface area (Å²) in [5.41, 5.74) is -1.09. The summed E-state index contributed by atoms with van der Waals surface area (Å²) in [5.74, 6) is -6.88. The Kier molecular flexibility index (Phi) is 3.72. The highest BCUT2D eigenvalue weighted by Crippen LogP contribution is 2.27. The van der Waals surface area contributed by atoms with E-state index < -0.39 is 23.6 Å². The minimum absolute atomic E-state index is 0.179. The lowest BCUT2D eigenvalue weighted by Crippen LogP contribution is -2.29. The fourth-order valence-corrected chi connectivity index (χ4v) is 1.03. The van der Waals surface area contributed by atoms with Gasteiger partial charge in [0, 0.05) is 6.20 Å². The fourth-order valence-electron chi connectivity index (χ4n) is 1.03. The number of ether oxygens (including phenoxy) is 1. The molecule has 0 aliphatic rings. The molecule has 1 rings (SSSR count). The van der Waals surface area contributed by atoms with E-state index in [1.165, 1.54) is 6.92 Å². The van der Waals surface area contributed by atoms with Gasteiger partial charge in [-0.2, -0.15) is 8.78 Å². The van der Waals surface area contributed by atoms with Gasteiger partial charge in [-0.05, 0) is 19.1 Å². The molecule has 0 aliphatic heterocycles. The number of rotatable bonds is 4. The number of hydrogen-bond acceptors (Lipinski definition) is 4. The molecule has 0 spiro atoms. The van der Waals surface area contributed by atoms with Gasteiger partial charge < -0.3 is 9.84 Å². The summed E-state index contributed by atoms with van der Waals surface area (Å²) < 4.78 is 31.0. The van der Waals surface area contributed by atoms with Crippen molar-refractivity contribution >= 4 is 11.9 Å². The van der Waals surface area contributed by atoms with Crippen molar-refractivity contribution in [2.75, 3.05) is 6.61 Å². The molecule has 0 amide bonds. The van der Waals surface area contributed by atoms with Crippen LogP contribution < -0.4 is 0 Å². The van der Waals surface area contributed by atoms with Gasteiger partial charge in [-0.1, -0.05) is 0 Å². The van der Waals surface area contributed by atoms with Crippen LogP contribution >= 0.6 is 0 Å². The molecule has 1 heterocycles. The zero-order chi connectivity index (χ0) is 13.1. The smallest absolute Gasteiger partial charge is 0.384 e. The highest BCUT2D eigenvalue weighted by Gasteiger charge is 2.44. The number of nitrogens with zero attached hydrogens (tertiary/aromatic N) is 1. The van der Waals surface area contributed by atoms with Gasteiger partial charge in [0.1, 0.15) is 5.69 Å². The van der Waals surface area contributed by atoms with Crippen molar-refractivity contribution in [3.63, 3.8) is 0 Å². The number of alkyl halides is 2. The molecule has 17 heavy (non-hydrogen) atoms. The number of aromatic nitrogens is 1. The van der Waals surface area contributed by atoms with Gasteiger partial charge in [0.05, 0.1) is 12.2 Å². The summed E-state index contributed by atoms with van der Waals surface area (Å²) in [4.78, 5) is 24.7. The maximum Gasteiger partial charge on any atom is 0.384 e. The Morgan fingerprint density at radius 1 is 1.47 bits per heavy atom. The molecule has 0 saturated heterocycles. The van der Waals surface area contributed by atoms with Gasteiger partial charge in [-0.3, -0.25) is 4.98 Å². The SMILES string of the molecule is CCOC(=O)C(F)(F)c1ccc(C(=O)O)cn1. The van der Waals surface area contributed by atoms with Crippen LogP contribution in [0.4, 0.5) is 8.78 Å². The van der Waals surface area contributed by atoms with Crippen LogP contribution in [-0.2, 0) is 15.5 Å². The monoisotopic (exact) mass is 245 g/mol. The number of carboxylic acid groups (broad SMARTS) is 1. The Hall–Kier alpha value is -2.05. The van der Waals surface area contributed by atoms with Crippen molar-refractivity contribution in [1.29, 1.82) is 0 Å². The largest absolute Gasteiger partial charge is 0.478 e. The summed E-state index contributed by atoms with van der Waals surface area (Å²) in [6.07, 6.45) is 0.755. The van der Waals surface area contributed by atoms with Gasteiger partial charge in [0.15, 0.2) is 0 Å². The van der Waals surface area contributed by atoms with E-state index in [2.05, 4.69) is 9.72 Å². The van der Waals surface area contributed by atoms with Crippen molar-refractivity contribution < 1.29 is 28.2 Å². The highest BCUT2D eigenvalue weighted by atomic mass is 19.3. The number of carbonyl (C=O) groups excluding carboxylic acids is 1. The highest BCUT2D eigenvalue weighted by molar-refractivity contribution is 5.87. The molecule has 5 nitrogen and oxygen atoms in total. The topological polar surface area (TPSA) is 76.5 Å². The van der Waals surface area contributed by atoms with E-state index >= 15 is 0 Å². The van der Waals surface area contributed by atoms with Crippen LogP contribution in [0.3, 0.4) is 0 Å². The summed E-state index contributed by atoms with van der Waals surface area (Å²) in [7, 11) is 0. The summed E-state index contributed by atoms with van der Waals surface area (Å²) in [6.45, 7) is 1.22. The molecule has 0 unspecified atom stereocenters. The van der Waals surface area contributed by atoms with Gasteiger partial charge >= 0.3 is 17.9 Å². The van der Waals surface area contributed by atoms with Crippen LogP contribution in [0.15, 0.2) is 18.3 Å². The second-order valence-corrected chi connectivity index (χ2v) is 3.03. The molecule has 0 fully saturated rings. The third-order valence-electron chi connectivity index (χ3n) is 1.86. The van der Waals surface area contributed by atoms with Gasteiger partial charge in [0.2, 0.25) is 0 Å². The molecular formula is C10H9F2NO4. The molecule has 7 heteroatoms. The van der Waals surface area contributed by atoms with Crippen molar-refractivity contribution in [1.82, 2.24) is 4.98 Å². The fraction of sp³-hybridized carbons (Fsp3) is 0.300. The molecule has 0 saturated carbocycles. The molecule has 1 aromatic rings. The maximum atomic E-state index is 13.4. The molecule has 0 radical (unpaired) electrons. The van der Waals surface area contributed by atoms with Crippen LogP contribution in [0.5, 0.6) is 0 Å². The lowest BCUT2D eigenvalue weighted by molar-refractivity contribution is -0.173. The Bertz CT molecular complexity index is 430. The van der Waals surface area contributed by atoms with E-state index in [0.29, 0.717) is 0 Å². The molecule has 0 bridgehead atoms. The van der Waals surface area contributed by atoms with E-state index in [1.54, 1.807) is 0 Å². The molecule has 1 N–H and O–H groups in total. The van der Waals surface area contributed by atoms with E-state index in [0.717, 1.165) is 18.3 Å². The Morgan fingerprint density at radius 3 is 2.53 bits per heavy atom. The number of hydrogen-bond donors (Lipinski definition) is 1. The normalized spacial score (nSPS) is 11.0. The van der Waals surface area contributed by atoms with Crippen LogP contribution in [0.1, 0.15) is 23.0 Å². The predicted molar refractivity (Wildman–Crippen MR) is 51.7 cm³/mol. The third-order valence-corrected chi connectivity index (χ3v) is 1.86. The van der Waals surface area contributed by atoms with E-state index in [9.17, 15) is 18.4 Å². The van der Waals surface area contributed by atoms with Gasteiger partial charge in [0.25, 0.3) is 0 Å². The first-order valence-electron chi connectivity index (χ1n) is 4.64. The molecule has 0 aromatic carbocycles. The van der Waals surface area contributed by atoms with Crippen LogP contribution in [0, 0.1) is 0 Å². The summed E-state index contributed by atoms with van der Waals surface area (Å²) >= 11 is 0. The average Bonchev–Trinajstić information content (AvgIpc) is 2.29. The lowest BCUT2D eigenvalue weighted by atomic mass is 10.2. The number of pyridine rings is 1. The molecule has 0 aliphatic carbocycles. The predicted octanol–water partition coefficient (Wildman–Crippen LogP) is 1.43. The summed E-state index contributed by atoms with van der Waals surface area (Å²) in [5, 5.41) is 8.55. The molecule has 1 aromatic heterocycles. The molecular weight excluding hydrogens is 236 g/mol. The maximum absolute atomic E-state index is 13.4. The number of halogens is 2. The van der Waals surface area contributed by atoms with Crippen LogP contribution in [0.25, 0.3) is 0 Å². The zero-order valence-electron chi connectivity index (χ0n) is 8.81. The quantitative estimate of drug-likeness (QED) is 0.812. The van der Waals surface area contributed by atoms with E-state index in [1.807, 2.05) is 0 Å². The number of carboxylic acids is 1. The molecule has 92 valence electrons. The zero-order valence-corrected chi connectivity index (χ0v) is 8.81. The van der Waals surface area contributed by atoms with Crippen molar-refractivity contribution in [3.8, 4) is 0 Å². The number of esters is 1. The van der Waals surface area contributed by atoms with Crippen LogP contribution in [0.2, 0.25) is 0 Å². The first kappa shape index (κ1) is 13.0. The van der Waals surface area contributed by atoms with E-state index in [4.69, 9.17) is 5.11 Å². The Labute approximate surface area is 95.0 Å². The van der Waals surface area contributed by atoms with Crippen molar-refractivity contribution in [2.24, 2.45) is 0 Å². The second-order valence-electron chi connectivity index (χ2n) is 3.03. The molecule has 0 atom stereocenters. The van der Waals surface area contributed by atoms with Crippen molar-refractivity contribution in [3.05, 3.63) is 29.6 Å². The van der Waals surface area contributed by atoms with Gasteiger partial charge in [-0.15, -0.1) is 0 Å². The van der Waals surface area contributed by atoms with Crippen molar-refractivity contribution in [2.45, 2.75) is 12.8 Å². The number of carbonyl (C=O) groups is 2. The first-order chi connectivity index (χ1) is 7.89. The average molecular weight is 245 g/mol. The second kappa shape index (κ2) is 4.86. The minimum Gasteiger partial charge on any atom is -0.478 e. The number of aromatic carboxylic acids is 1. The van der Waals surface area contributed by atoms with Gasteiger partial charge in [-0.25, -0.2) is 9.59 Å². The Balaban J connectivity index is 2.99. The van der Waals surface area contributed by atoms with E-state index in [-0.39, 0.29) is 12.2 Å². The Morgan fingerprint density at radius 2 is 2.12 bits per heavy atom. The third kappa shape index (κ3) is 2.74. The minimum atomic E-state index is -3.88.